The molecular formula is C15H21N3O3. The Kier molecular flexibility index (Phi) is 5.90. The Morgan fingerprint density at radius 2 is 1.81 bits per heavy atom. The van der Waals surface area contributed by atoms with Gasteiger partial charge in [-0.3, -0.25) is 9.59 Å². The lowest BCUT2D eigenvalue weighted by molar-refractivity contribution is -0.140. The fraction of sp³-hybridized carbons (Fsp3) is 0.400. The molecule has 2 N–H and O–H groups in total. The molecule has 0 aliphatic carbocycles. The monoisotopic (exact) mass is 291 g/mol. The Balaban J connectivity index is 2.50. The van der Waals surface area contributed by atoms with Gasteiger partial charge in [-0.25, -0.2) is 5.43 Å². The highest BCUT2D eigenvalue weighted by Gasteiger charge is 2.19. The van der Waals surface area contributed by atoms with Crippen molar-refractivity contribution in [1.29, 1.82) is 0 Å². The number of nitrogens with zero attached hydrogens (tertiary/aromatic N) is 1. The van der Waals surface area contributed by atoms with Crippen LogP contribution in [-0.2, 0) is 9.59 Å². The Labute approximate surface area is 124 Å². The summed E-state index contributed by atoms with van der Waals surface area (Å²) in [5, 5.41) is 6.29. The summed E-state index contributed by atoms with van der Waals surface area (Å²) in [6, 6.07) is 7.21. The van der Waals surface area contributed by atoms with Gasteiger partial charge in [0.25, 0.3) is 0 Å². The molecule has 114 valence electrons. The van der Waals surface area contributed by atoms with E-state index in [2.05, 4.69) is 15.8 Å². The highest BCUT2D eigenvalue weighted by Crippen LogP contribution is 2.10. The summed E-state index contributed by atoms with van der Waals surface area (Å²) in [7, 11) is 0. The second kappa shape index (κ2) is 7.42. The smallest absolute Gasteiger partial charge is 0.329 e. The minimum absolute atomic E-state index is 0.465. The predicted molar refractivity (Wildman–Crippen MR) is 81.2 cm³/mol. The van der Waals surface area contributed by atoms with E-state index in [-0.39, 0.29) is 0 Å². The van der Waals surface area contributed by atoms with Gasteiger partial charge in [0.05, 0.1) is 12.8 Å². The van der Waals surface area contributed by atoms with Gasteiger partial charge in [-0.05, 0) is 57.5 Å². The van der Waals surface area contributed by atoms with Gasteiger partial charge in [0.2, 0.25) is 0 Å². The molecule has 21 heavy (non-hydrogen) atoms. The maximum absolute atomic E-state index is 11.5. The second-order valence-electron chi connectivity index (χ2n) is 5.41. The van der Waals surface area contributed by atoms with Crippen LogP contribution in [0, 0.1) is 0 Å². The topological polar surface area (TPSA) is 79.8 Å². The minimum Gasteiger partial charge on any atom is -0.494 e. The number of carbonyl (C=O) groups is 2. The molecule has 2 amide bonds. The molecule has 1 aromatic rings. The van der Waals surface area contributed by atoms with Crippen LogP contribution in [0.25, 0.3) is 0 Å². The van der Waals surface area contributed by atoms with Gasteiger partial charge in [-0.1, -0.05) is 0 Å². The van der Waals surface area contributed by atoms with Crippen molar-refractivity contribution in [1.82, 2.24) is 10.7 Å². The molecule has 0 spiro atoms. The molecule has 0 saturated heterocycles. The van der Waals surface area contributed by atoms with Gasteiger partial charge in [-0.2, -0.15) is 5.10 Å². The molecule has 0 radical (unpaired) electrons. The predicted octanol–water partition coefficient (Wildman–Crippen LogP) is 1.45. The third-order valence-electron chi connectivity index (χ3n) is 2.27. The van der Waals surface area contributed by atoms with Crippen LogP contribution in [0.3, 0.4) is 0 Å². The first-order chi connectivity index (χ1) is 9.81. The first-order valence-electron chi connectivity index (χ1n) is 6.70. The van der Waals surface area contributed by atoms with Crippen molar-refractivity contribution >= 4 is 18.0 Å². The number of hydrogen-bond donors (Lipinski definition) is 2. The highest BCUT2D eigenvalue weighted by molar-refractivity contribution is 6.35. The van der Waals surface area contributed by atoms with E-state index < -0.39 is 17.4 Å². The number of ether oxygens (including phenoxy) is 1. The largest absolute Gasteiger partial charge is 0.494 e. The van der Waals surface area contributed by atoms with E-state index in [9.17, 15) is 9.59 Å². The third kappa shape index (κ3) is 6.56. The summed E-state index contributed by atoms with van der Waals surface area (Å²) in [5.74, 6) is -0.748. The number of carbonyl (C=O) groups excluding carboxylic acids is 2. The van der Waals surface area contributed by atoms with Crippen molar-refractivity contribution in [3.63, 3.8) is 0 Å². The van der Waals surface area contributed by atoms with Crippen LogP contribution in [0.2, 0.25) is 0 Å². The molecule has 0 saturated carbocycles. The van der Waals surface area contributed by atoms with Gasteiger partial charge in [0.15, 0.2) is 0 Å². The zero-order chi connectivity index (χ0) is 15.9. The lowest BCUT2D eigenvalue weighted by atomic mass is 10.1. The number of hydrogen-bond acceptors (Lipinski definition) is 4. The van der Waals surface area contributed by atoms with Crippen LogP contribution in [0.1, 0.15) is 33.3 Å². The first kappa shape index (κ1) is 16.7. The van der Waals surface area contributed by atoms with E-state index in [0.717, 1.165) is 11.3 Å². The number of hydrazone groups is 1. The molecular weight excluding hydrogens is 270 g/mol. The van der Waals surface area contributed by atoms with E-state index in [1.807, 2.05) is 6.92 Å². The van der Waals surface area contributed by atoms with Gasteiger partial charge in [0, 0.05) is 5.54 Å². The molecule has 0 bridgehead atoms. The zero-order valence-corrected chi connectivity index (χ0v) is 12.8. The molecule has 0 unspecified atom stereocenters. The standard InChI is InChI=1S/C15H21N3O3/c1-5-21-12-8-6-11(7-9-12)10-16-18-14(20)13(19)17-15(2,3)4/h6-10H,5H2,1-4H3,(H,17,19)(H,18,20)/b16-10+. The molecule has 0 aromatic heterocycles. The number of benzene rings is 1. The average Bonchev–Trinajstić information content (AvgIpc) is 2.39. The second-order valence-corrected chi connectivity index (χ2v) is 5.41. The number of amides is 2. The molecule has 0 fully saturated rings. The number of rotatable bonds is 4. The quantitative estimate of drug-likeness (QED) is 0.500. The Morgan fingerprint density at radius 3 is 2.33 bits per heavy atom. The van der Waals surface area contributed by atoms with Crippen molar-refractivity contribution < 1.29 is 14.3 Å². The van der Waals surface area contributed by atoms with Crippen LogP contribution < -0.4 is 15.5 Å². The summed E-state index contributed by atoms with van der Waals surface area (Å²) in [4.78, 5) is 23.0. The molecule has 1 aromatic carbocycles. The van der Waals surface area contributed by atoms with Crippen LogP contribution in [0.15, 0.2) is 29.4 Å². The van der Waals surface area contributed by atoms with E-state index in [4.69, 9.17) is 4.74 Å². The van der Waals surface area contributed by atoms with Gasteiger partial charge in [0.1, 0.15) is 5.75 Å². The van der Waals surface area contributed by atoms with Crippen LogP contribution >= 0.6 is 0 Å². The maximum Gasteiger partial charge on any atom is 0.329 e. The zero-order valence-electron chi connectivity index (χ0n) is 12.8. The highest BCUT2D eigenvalue weighted by atomic mass is 16.5. The molecule has 0 atom stereocenters. The van der Waals surface area contributed by atoms with Crippen LogP contribution in [0.5, 0.6) is 5.75 Å². The van der Waals surface area contributed by atoms with Gasteiger partial charge >= 0.3 is 11.8 Å². The average molecular weight is 291 g/mol. The Hall–Kier alpha value is -2.37. The Bertz CT molecular complexity index is 516. The minimum atomic E-state index is -0.799. The van der Waals surface area contributed by atoms with Crippen molar-refractivity contribution in [3.05, 3.63) is 29.8 Å². The van der Waals surface area contributed by atoms with E-state index in [1.54, 1.807) is 45.0 Å². The molecule has 0 aliphatic rings. The van der Waals surface area contributed by atoms with Crippen molar-refractivity contribution in [2.24, 2.45) is 5.10 Å². The first-order valence-corrected chi connectivity index (χ1v) is 6.70. The number of nitrogens with one attached hydrogen (secondary N) is 2. The molecule has 1 rings (SSSR count). The van der Waals surface area contributed by atoms with Gasteiger partial charge < -0.3 is 10.1 Å². The Morgan fingerprint density at radius 1 is 1.19 bits per heavy atom. The van der Waals surface area contributed by atoms with Crippen molar-refractivity contribution in [2.45, 2.75) is 33.2 Å². The summed E-state index contributed by atoms with van der Waals surface area (Å²) in [6.07, 6.45) is 1.46. The SMILES string of the molecule is CCOc1ccc(/C=N/NC(=O)C(=O)NC(C)(C)C)cc1. The summed E-state index contributed by atoms with van der Waals surface area (Å²) >= 11 is 0. The normalized spacial score (nSPS) is 11.2. The fourth-order valence-electron chi connectivity index (χ4n) is 1.43. The summed E-state index contributed by atoms with van der Waals surface area (Å²) < 4.78 is 5.31. The molecule has 6 nitrogen and oxygen atoms in total. The molecule has 0 heterocycles. The van der Waals surface area contributed by atoms with E-state index in [1.165, 1.54) is 6.21 Å². The lowest BCUT2D eigenvalue weighted by Crippen LogP contribution is -2.47. The lowest BCUT2D eigenvalue weighted by Gasteiger charge is -2.19. The molecule has 0 aliphatic heterocycles. The fourth-order valence-corrected chi connectivity index (χ4v) is 1.43. The maximum atomic E-state index is 11.5. The van der Waals surface area contributed by atoms with Crippen molar-refractivity contribution in [3.8, 4) is 5.75 Å². The van der Waals surface area contributed by atoms with E-state index in [0.29, 0.717) is 6.61 Å². The third-order valence-corrected chi connectivity index (χ3v) is 2.27. The van der Waals surface area contributed by atoms with Crippen LogP contribution in [0.4, 0.5) is 0 Å². The van der Waals surface area contributed by atoms with E-state index >= 15 is 0 Å². The molecule has 6 heteroatoms. The van der Waals surface area contributed by atoms with Gasteiger partial charge in [-0.15, -0.1) is 0 Å². The van der Waals surface area contributed by atoms with Crippen molar-refractivity contribution in [2.75, 3.05) is 6.61 Å². The summed E-state index contributed by atoms with van der Waals surface area (Å²) in [6.45, 7) is 7.89. The van der Waals surface area contributed by atoms with Crippen LogP contribution in [-0.4, -0.2) is 30.2 Å². The summed E-state index contributed by atoms with van der Waals surface area (Å²) in [5.41, 5.74) is 2.50.